The van der Waals surface area contributed by atoms with Crippen molar-refractivity contribution in [2.24, 2.45) is 11.8 Å². The van der Waals surface area contributed by atoms with Crippen molar-refractivity contribution in [1.29, 1.82) is 0 Å². The van der Waals surface area contributed by atoms with Crippen molar-refractivity contribution in [2.75, 3.05) is 19.7 Å². The normalized spacial score (nSPS) is 21.3. The van der Waals surface area contributed by atoms with Gasteiger partial charge in [-0.05, 0) is 54.5 Å². The van der Waals surface area contributed by atoms with E-state index in [9.17, 15) is 9.90 Å². The van der Waals surface area contributed by atoms with E-state index in [1.807, 2.05) is 53.4 Å². The standard InChI is InChI=1S/C22H24ClNO3/c23-19-6-7-20-17(13-19)12-18(14-27-20)22(26)24-10-8-16(9-11-24)21(25)15-4-2-1-3-5-15/h1-7,13,16,18,21,25H,8-12,14H2/t18-,21-/m1/s1. The van der Waals surface area contributed by atoms with Crippen LogP contribution in [0.4, 0.5) is 0 Å². The van der Waals surface area contributed by atoms with Crippen molar-refractivity contribution < 1.29 is 14.6 Å². The van der Waals surface area contributed by atoms with Crippen molar-refractivity contribution in [3.63, 3.8) is 0 Å². The molecule has 0 spiro atoms. The number of fused-ring (bicyclic) bond motifs is 1. The van der Waals surface area contributed by atoms with Crippen LogP contribution >= 0.6 is 11.6 Å². The Kier molecular flexibility index (Phi) is 5.37. The summed E-state index contributed by atoms with van der Waals surface area (Å²) in [5.74, 6) is 1.01. The van der Waals surface area contributed by atoms with Crippen LogP contribution in [0.3, 0.4) is 0 Å². The zero-order valence-corrected chi connectivity index (χ0v) is 15.9. The number of rotatable bonds is 3. The zero-order chi connectivity index (χ0) is 18.8. The number of hydrogen-bond acceptors (Lipinski definition) is 3. The minimum atomic E-state index is -0.463. The molecule has 2 aromatic rings. The lowest BCUT2D eigenvalue weighted by Gasteiger charge is -2.37. The molecule has 0 bridgehead atoms. The summed E-state index contributed by atoms with van der Waals surface area (Å²) in [5, 5.41) is 11.3. The Hall–Kier alpha value is -2.04. The quantitative estimate of drug-likeness (QED) is 0.872. The monoisotopic (exact) mass is 385 g/mol. The van der Waals surface area contributed by atoms with Crippen LogP contribution in [0.25, 0.3) is 0 Å². The van der Waals surface area contributed by atoms with E-state index >= 15 is 0 Å². The molecule has 2 aromatic carbocycles. The lowest BCUT2D eigenvalue weighted by Crippen LogP contribution is -2.45. The molecule has 0 radical (unpaired) electrons. The number of halogens is 1. The number of aliphatic hydroxyl groups is 1. The average molecular weight is 386 g/mol. The Morgan fingerprint density at radius 3 is 2.63 bits per heavy atom. The molecule has 1 N–H and O–H groups in total. The number of piperidine rings is 1. The largest absolute Gasteiger partial charge is 0.492 e. The zero-order valence-electron chi connectivity index (χ0n) is 15.2. The highest BCUT2D eigenvalue weighted by molar-refractivity contribution is 6.30. The Labute approximate surface area is 164 Å². The minimum absolute atomic E-state index is 0.147. The topological polar surface area (TPSA) is 49.8 Å². The molecule has 0 saturated carbocycles. The molecule has 4 rings (SSSR count). The van der Waals surface area contributed by atoms with Crippen molar-refractivity contribution in [3.8, 4) is 5.75 Å². The van der Waals surface area contributed by atoms with Gasteiger partial charge >= 0.3 is 0 Å². The fraction of sp³-hybridized carbons (Fsp3) is 0.409. The fourth-order valence-electron chi connectivity index (χ4n) is 4.14. The van der Waals surface area contributed by atoms with Gasteiger partial charge in [0.2, 0.25) is 5.91 Å². The second kappa shape index (κ2) is 7.91. The number of ether oxygens (including phenoxy) is 1. The molecule has 142 valence electrons. The molecular formula is C22H24ClNO3. The number of hydrogen-bond donors (Lipinski definition) is 1. The summed E-state index contributed by atoms with van der Waals surface area (Å²) >= 11 is 6.07. The van der Waals surface area contributed by atoms with Crippen molar-refractivity contribution in [3.05, 3.63) is 64.7 Å². The number of amides is 1. The predicted octanol–water partition coefficient (Wildman–Crippen LogP) is 3.86. The van der Waals surface area contributed by atoms with Gasteiger partial charge in [0, 0.05) is 18.1 Å². The summed E-state index contributed by atoms with van der Waals surface area (Å²) in [7, 11) is 0. The Balaban J connectivity index is 1.35. The van der Waals surface area contributed by atoms with E-state index in [1.165, 1.54) is 0 Å². The Morgan fingerprint density at radius 2 is 1.89 bits per heavy atom. The van der Waals surface area contributed by atoms with Crippen molar-refractivity contribution in [1.82, 2.24) is 4.90 Å². The average Bonchev–Trinajstić information content (AvgIpc) is 2.73. The summed E-state index contributed by atoms with van der Waals surface area (Å²) in [6.45, 7) is 1.79. The molecular weight excluding hydrogens is 362 g/mol. The van der Waals surface area contributed by atoms with Crippen LogP contribution in [0.15, 0.2) is 48.5 Å². The van der Waals surface area contributed by atoms with Crippen LogP contribution in [0.1, 0.15) is 30.1 Å². The third-order valence-corrected chi connectivity index (χ3v) is 5.95. The molecule has 1 amide bonds. The molecule has 2 heterocycles. The molecule has 2 aliphatic heterocycles. The van der Waals surface area contributed by atoms with Gasteiger partial charge in [-0.2, -0.15) is 0 Å². The van der Waals surface area contributed by atoms with Crippen LogP contribution < -0.4 is 4.74 Å². The molecule has 0 unspecified atom stereocenters. The summed E-state index contributed by atoms with van der Waals surface area (Å²) in [5.41, 5.74) is 1.96. The van der Waals surface area contributed by atoms with Gasteiger partial charge in [-0.1, -0.05) is 41.9 Å². The van der Waals surface area contributed by atoms with Gasteiger partial charge in [-0.15, -0.1) is 0 Å². The number of benzene rings is 2. The first-order chi connectivity index (χ1) is 13.1. The lowest BCUT2D eigenvalue weighted by molar-refractivity contribution is -0.139. The number of nitrogens with zero attached hydrogens (tertiary/aromatic N) is 1. The first-order valence-corrected chi connectivity index (χ1v) is 9.92. The van der Waals surface area contributed by atoms with Gasteiger partial charge in [0.05, 0.1) is 12.0 Å². The van der Waals surface area contributed by atoms with E-state index in [1.54, 1.807) is 0 Å². The Bertz CT molecular complexity index is 802. The number of carbonyl (C=O) groups is 1. The number of likely N-dealkylation sites (tertiary alicyclic amines) is 1. The second-order valence-corrected chi connectivity index (χ2v) is 7.92. The maximum atomic E-state index is 12.9. The molecule has 2 atom stereocenters. The molecule has 0 aromatic heterocycles. The molecule has 4 nitrogen and oxygen atoms in total. The SMILES string of the molecule is O=C([C@H]1COc2ccc(Cl)cc2C1)N1CCC([C@H](O)c2ccccc2)CC1. The van der Waals surface area contributed by atoms with Crippen LogP contribution in [-0.4, -0.2) is 35.6 Å². The highest BCUT2D eigenvalue weighted by atomic mass is 35.5. The molecule has 0 aliphatic carbocycles. The molecule has 2 aliphatic rings. The number of aliphatic hydroxyl groups excluding tert-OH is 1. The summed E-state index contributed by atoms with van der Waals surface area (Å²) in [6, 6.07) is 15.3. The third-order valence-electron chi connectivity index (χ3n) is 5.72. The summed E-state index contributed by atoms with van der Waals surface area (Å²) in [6.07, 6.45) is 1.84. The van der Waals surface area contributed by atoms with Gasteiger partial charge in [0.1, 0.15) is 12.4 Å². The maximum Gasteiger partial charge on any atom is 0.229 e. The van der Waals surface area contributed by atoms with E-state index in [4.69, 9.17) is 16.3 Å². The molecule has 1 saturated heterocycles. The van der Waals surface area contributed by atoms with Crippen LogP contribution in [0.5, 0.6) is 5.75 Å². The van der Waals surface area contributed by atoms with Gasteiger partial charge in [-0.3, -0.25) is 4.79 Å². The molecule has 27 heavy (non-hydrogen) atoms. The van der Waals surface area contributed by atoms with E-state index in [-0.39, 0.29) is 17.7 Å². The van der Waals surface area contributed by atoms with Gasteiger partial charge < -0.3 is 14.7 Å². The lowest BCUT2D eigenvalue weighted by atomic mass is 9.86. The number of carbonyl (C=O) groups excluding carboxylic acids is 1. The van der Waals surface area contributed by atoms with Crippen molar-refractivity contribution >= 4 is 17.5 Å². The summed E-state index contributed by atoms with van der Waals surface area (Å²) in [4.78, 5) is 14.9. The second-order valence-electron chi connectivity index (χ2n) is 7.48. The van der Waals surface area contributed by atoms with Gasteiger partial charge in [0.15, 0.2) is 0 Å². The first-order valence-electron chi connectivity index (χ1n) is 9.55. The fourth-order valence-corrected chi connectivity index (χ4v) is 4.33. The smallest absolute Gasteiger partial charge is 0.229 e. The van der Waals surface area contributed by atoms with E-state index in [0.717, 1.165) is 29.7 Å². The first kappa shape index (κ1) is 18.3. The van der Waals surface area contributed by atoms with Crippen LogP contribution in [0, 0.1) is 11.8 Å². The molecule has 1 fully saturated rings. The minimum Gasteiger partial charge on any atom is -0.492 e. The Morgan fingerprint density at radius 1 is 1.15 bits per heavy atom. The van der Waals surface area contributed by atoms with Gasteiger partial charge in [0.25, 0.3) is 0 Å². The van der Waals surface area contributed by atoms with Crippen LogP contribution in [-0.2, 0) is 11.2 Å². The van der Waals surface area contributed by atoms with Gasteiger partial charge in [-0.25, -0.2) is 0 Å². The van der Waals surface area contributed by atoms with E-state index in [0.29, 0.717) is 31.1 Å². The van der Waals surface area contributed by atoms with E-state index in [2.05, 4.69) is 0 Å². The summed E-state index contributed by atoms with van der Waals surface area (Å²) < 4.78 is 5.77. The van der Waals surface area contributed by atoms with E-state index < -0.39 is 6.10 Å². The van der Waals surface area contributed by atoms with Crippen molar-refractivity contribution in [2.45, 2.75) is 25.4 Å². The molecule has 5 heteroatoms. The predicted molar refractivity (Wildman–Crippen MR) is 105 cm³/mol. The highest BCUT2D eigenvalue weighted by Crippen LogP contribution is 2.33. The third kappa shape index (κ3) is 3.97. The van der Waals surface area contributed by atoms with Crippen LogP contribution in [0.2, 0.25) is 5.02 Å². The maximum absolute atomic E-state index is 12.9. The highest BCUT2D eigenvalue weighted by Gasteiger charge is 2.33.